The number of methoxy groups -OCH3 is 2. The number of ether oxygens (including phenoxy) is 5. The fraction of sp³-hybridized carbons (Fsp3) is 0.618. The molecule has 10 nitrogen and oxygen atoms in total. The number of carboxylic acid groups (broad SMARTS) is 1. The van der Waals surface area contributed by atoms with Gasteiger partial charge in [0, 0.05) is 32.8 Å². The van der Waals surface area contributed by atoms with Crippen LogP contribution in [0.25, 0.3) is 0 Å². The first-order valence-electron chi connectivity index (χ1n) is 15.6. The molecule has 4 rings (SSSR count). The first-order valence-corrected chi connectivity index (χ1v) is 15.6. The summed E-state index contributed by atoms with van der Waals surface area (Å²) in [5.74, 6) is 1.32. The summed E-state index contributed by atoms with van der Waals surface area (Å²) in [5.41, 5.74) is 2.57. The van der Waals surface area contributed by atoms with Gasteiger partial charge in [-0.05, 0) is 60.6 Å². The van der Waals surface area contributed by atoms with E-state index in [2.05, 4.69) is 11.0 Å². The van der Waals surface area contributed by atoms with Gasteiger partial charge in [-0.25, -0.2) is 4.79 Å². The van der Waals surface area contributed by atoms with E-state index in [-0.39, 0.29) is 12.5 Å². The first kappa shape index (κ1) is 33.8. The summed E-state index contributed by atoms with van der Waals surface area (Å²) in [5, 5.41) is 20.4. The molecule has 2 N–H and O–H groups in total. The lowest BCUT2D eigenvalue weighted by Crippen LogP contribution is -2.64. The Labute approximate surface area is 261 Å². The molecule has 2 aliphatic heterocycles. The third-order valence-electron chi connectivity index (χ3n) is 8.48. The molecular formula is C34H50N2O8. The molecule has 1 unspecified atom stereocenters. The smallest absolute Gasteiger partial charge is 0.407 e. The molecule has 2 aliphatic rings. The van der Waals surface area contributed by atoms with Crippen molar-refractivity contribution in [2.24, 2.45) is 5.41 Å². The van der Waals surface area contributed by atoms with E-state index in [1.807, 2.05) is 57.2 Å². The predicted octanol–water partition coefficient (Wildman–Crippen LogP) is 5.16. The topological polar surface area (TPSA) is 110 Å². The van der Waals surface area contributed by atoms with Gasteiger partial charge in [0.15, 0.2) is 0 Å². The number of likely N-dealkylation sites (tertiary alicyclic amines) is 1. The van der Waals surface area contributed by atoms with Crippen LogP contribution in [0.15, 0.2) is 42.5 Å². The Bertz CT molecular complexity index is 1200. The lowest BCUT2D eigenvalue weighted by Gasteiger charge is -2.52. The second-order valence-electron chi connectivity index (χ2n) is 12.9. The van der Waals surface area contributed by atoms with E-state index in [1.165, 1.54) is 4.90 Å². The van der Waals surface area contributed by atoms with Crippen molar-refractivity contribution in [2.75, 3.05) is 58.6 Å². The zero-order valence-electron chi connectivity index (χ0n) is 27.0. The van der Waals surface area contributed by atoms with E-state index in [9.17, 15) is 15.0 Å². The van der Waals surface area contributed by atoms with Crippen molar-refractivity contribution in [1.29, 1.82) is 0 Å². The van der Waals surface area contributed by atoms with Gasteiger partial charge in [-0.1, -0.05) is 39.0 Å². The van der Waals surface area contributed by atoms with Gasteiger partial charge in [0.05, 0.1) is 56.8 Å². The summed E-state index contributed by atoms with van der Waals surface area (Å²) >= 11 is 0. The van der Waals surface area contributed by atoms with Crippen LogP contribution in [-0.4, -0.2) is 99.2 Å². The quantitative estimate of drug-likeness (QED) is 0.296. The van der Waals surface area contributed by atoms with Crippen LogP contribution in [0.2, 0.25) is 0 Å². The van der Waals surface area contributed by atoms with Gasteiger partial charge in [-0.15, -0.1) is 0 Å². The highest BCUT2D eigenvalue weighted by atomic mass is 16.5. The summed E-state index contributed by atoms with van der Waals surface area (Å²) in [6.45, 7) is 11.6. The second-order valence-corrected chi connectivity index (χ2v) is 12.9. The van der Waals surface area contributed by atoms with Gasteiger partial charge in [0.2, 0.25) is 0 Å². The van der Waals surface area contributed by atoms with Crippen LogP contribution >= 0.6 is 0 Å². The molecule has 2 aromatic rings. The van der Waals surface area contributed by atoms with Gasteiger partial charge in [0.25, 0.3) is 0 Å². The Morgan fingerprint density at radius 2 is 1.84 bits per heavy atom. The fourth-order valence-electron chi connectivity index (χ4n) is 6.36. The van der Waals surface area contributed by atoms with Crippen molar-refractivity contribution < 1.29 is 38.7 Å². The number of hydrogen-bond acceptors (Lipinski definition) is 8. The Morgan fingerprint density at radius 1 is 1.09 bits per heavy atom. The van der Waals surface area contributed by atoms with Crippen molar-refractivity contribution in [3.8, 4) is 11.5 Å². The molecule has 2 heterocycles. The molecule has 0 spiro atoms. The van der Waals surface area contributed by atoms with E-state index in [1.54, 1.807) is 21.1 Å². The number of rotatable bonds is 13. The van der Waals surface area contributed by atoms with Crippen molar-refractivity contribution in [3.63, 3.8) is 0 Å². The Hall–Kier alpha value is -3.05. The maximum absolute atomic E-state index is 12.7. The van der Waals surface area contributed by atoms with Gasteiger partial charge in [-0.2, -0.15) is 0 Å². The molecule has 44 heavy (non-hydrogen) atoms. The number of aliphatic hydroxyl groups is 1. The average molecular weight is 615 g/mol. The van der Waals surface area contributed by atoms with Crippen LogP contribution in [0.1, 0.15) is 57.6 Å². The first-order chi connectivity index (χ1) is 21.0. The van der Waals surface area contributed by atoms with Gasteiger partial charge >= 0.3 is 6.09 Å². The van der Waals surface area contributed by atoms with E-state index in [4.69, 9.17) is 23.7 Å². The minimum Gasteiger partial charge on any atom is -0.497 e. The summed E-state index contributed by atoms with van der Waals surface area (Å²) in [4.78, 5) is 16.5. The molecule has 1 saturated heterocycles. The molecule has 0 saturated carbocycles. The number of nitrogens with zero attached hydrogens (tertiary/aromatic N) is 2. The normalized spacial score (nSPS) is 22.7. The fourth-order valence-corrected chi connectivity index (χ4v) is 6.36. The molecule has 10 heteroatoms. The van der Waals surface area contributed by atoms with Crippen LogP contribution in [0.4, 0.5) is 10.5 Å². The minimum absolute atomic E-state index is 0.196. The zero-order chi connectivity index (χ0) is 31.9. The number of aliphatic hydroxyl groups excluding tert-OH is 1. The number of benzene rings is 2. The third kappa shape index (κ3) is 8.35. The summed E-state index contributed by atoms with van der Waals surface area (Å²) in [6, 6.07) is 13.5. The summed E-state index contributed by atoms with van der Waals surface area (Å²) in [7, 11) is 3.34. The second kappa shape index (κ2) is 15.3. The molecule has 0 radical (unpaired) electrons. The van der Waals surface area contributed by atoms with Crippen LogP contribution in [0.3, 0.4) is 0 Å². The number of piperidine rings is 1. The lowest BCUT2D eigenvalue weighted by molar-refractivity contribution is -0.138. The highest BCUT2D eigenvalue weighted by molar-refractivity contribution is 5.66. The van der Waals surface area contributed by atoms with Crippen molar-refractivity contribution in [1.82, 2.24) is 4.90 Å². The SMILES string of the molecule is COCCCN1CCOc2ccc(CO[C@H]3CN(C(=O)O)C(C(C)(C)C)[C@@H](OCC[C@@H](C)O)[C@H]3c3ccc(OC)cc3)cc21. The van der Waals surface area contributed by atoms with E-state index < -0.39 is 35.9 Å². The Morgan fingerprint density at radius 3 is 2.48 bits per heavy atom. The molecule has 0 aromatic heterocycles. The van der Waals surface area contributed by atoms with E-state index >= 15 is 0 Å². The number of amides is 1. The number of fused-ring (bicyclic) bond motifs is 1. The molecule has 1 fully saturated rings. The molecule has 1 amide bonds. The standard InChI is InChI=1S/C34H50N2O8/c1-23(37)14-18-43-31-30(25-9-11-26(41-6)12-10-25)29(21-36(33(38)39)32(31)34(2,3)4)44-22-24-8-13-28-27(20-24)35(16-19-42-28)15-7-17-40-5/h8-13,20,23,29-32,37H,7,14-19,21-22H2,1-6H3,(H,38,39)/t23-,29+,30+,31+,32?/m1/s1. The van der Waals surface area contributed by atoms with Crippen molar-refractivity contribution in [2.45, 2.75) is 77.4 Å². The van der Waals surface area contributed by atoms with E-state index in [0.717, 1.165) is 47.8 Å². The monoisotopic (exact) mass is 614 g/mol. The predicted molar refractivity (Wildman–Crippen MR) is 169 cm³/mol. The number of hydrogen-bond donors (Lipinski definition) is 2. The lowest BCUT2D eigenvalue weighted by atomic mass is 9.71. The molecule has 5 atom stereocenters. The molecule has 0 bridgehead atoms. The van der Waals surface area contributed by atoms with Crippen LogP contribution in [0.5, 0.6) is 11.5 Å². The Balaban J connectivity index is 1.66. The number of anilines is 1. The summed E-state index contributed by atoms with van der Waals surface area (Å²) < 4.78 is 29.8. The van der Waals surface area contributed by atoms with E-state index in [0.29, 0.717) is 32.8 Å². The average Bonchev–Trinajstić information content (AvgIpc) is 2.99. The minimum atomic E-state index is -1.01. The summed E-state index contributed by atoms with van der Waals surface area (Å²) in [6.07, 6.45) is -1.17. The van der Waals surface area contributed by atoms with Crippen LogP contribution < -0.4 is 14.4 Å². The maximum atomic E-state index is 12.7. The highest BCUT2D eigenvalue weighted by Gasteiger charge is 2.51. The van der Waals surface area contributed by atoms with Gasteiger partial charge in [0.1, 0.15) is 18.1 Å². The molecule has 244 valence electrons. The largest absolute Gasteiger partial charge is 0.497 e. The van der Waals surface area contributed by atoms with Gasteiger partial charge < -0.3 is 38.8 Å². The third-order valence-corrected chi connectivity index (χ3v) is 8.48. The molecule has 2 aromatic carbocycles. The van der Waals surface area contributed by atoms with Crippen molar-refractivity contribution >= 4 is 11.8 Å². The molecule has 0 aliphatic carbocycles. The van der Waals surface area contributed by atoms with Crippen LogP contribution in [0, 0.1) is 5.41 Å². The van der Waals surface area contributed by atoms with Gasteiger partial charge in [-0.3, -0.25) is 4.90 Å². The number of carbonyl (C=O) groups is 1. The zero-order valence-corrected chi connectivity index (χ0v) is 27.0. The molecular weight excluding hydrogens is 564 g/mol. The van der Waals surface area contributed by atoms with Crippen LogP contribution in [-0.2, 0) is 20.8 Å². The maximum Gasteiger partial charge on any atom is 0.407 e. The van der Waals surface area contributed by atoms with Crippen molar-refractivity contribution in [3.05, 3.63) is 53.6 Å². The Kier molecular flexibility index (Phi) is 11.8. The highest BCUT2D eigenvalue weighted by Crippen LogP contribution is 2.43.